The number of hydrogen-bond acceptors (Lipinski definition) is 5. The van der Waals surface area contributed by atoms with Gasteiger partial charge in [0.15, 0.2) is 5.78 Å². The highest BCUT2D eigenvalue weighted by molar-refractivity contribution is 7.17. The second-order valence-electron chi connectivity index (χ2n) is 6.01. The van der Waals surface area contributed by atoms with Crippen LogP contribution in [0.25, 0.3) is 10.4 Å². The number of Topliss-reactive ketones (excluding diaryl/α,β-unsaturated/α-hetero) is 1. The summed E-state index contributed by atoms with van der Waals surface area (Å²) in [5, 5.41) is 0. The summed E-state index contributed by atoms with van der Waals surface area (Å²) in [4.78, 5) is 38.9. The Morgan fingerprint density at radius 1 is 0.857 bits per heavy atom. The van der Waals surface area contributed by atoms with Gasteiger partial charge in [-0.15, -0.1) is 22.7 Å². The van der Waals surface area contributed by atoms with Crippen LogP contribution in [0.3, 0.4) is 0 Å². The molecule has 2 N–H and O–H groups in total. The number of carbonyl (C=O) groups is 3. The minimum Gasteiger partial charge on any atom is -0.293 e. The van der Waals surface area contributed by atoms with Gasteiger partial charge in [0.25, 0.3) is 5.91 Å². The first-order valence-corrected chi connectivity index (χ1v) is 10.1. The molecule has 0 bridgehead atoms. The van der Waals surface area contributed by atoms with Gasteiger partial charge in [-0.2, -0.15) is 0 Å². The van der Waals surface area contributed by atoms with Crippen LogP contribution in [0.1, 0.15) is 37.1 Å². The molecule has 1 aromatic carbocycles. The lowest BCUT2D eigenvalue weighted by atomic mass is 10.2. The fourth-order valence-electron chi connectivity index (χ4n) is 2.41. The number of halogens is 1. The van der Waals surface area contributed by atoms with Crippen LogP contribution in [0.15, 0.2) is 48.5 Å². The zero-order chi connectivity index (χ0) is 20.1. The van der Waals surface area contributed by atoms with Crippen molar-refractivity contribution in [3.8, 4) is 10.4 Å². The van der Waals surface area contributed by atoms with E-state index >= 15 is 0 Å². The number of thiophene rings is 2. The standard InChI is InChI=1S/C20H17FN2O3S2/c1-12-2-8-17(27-12)15(24)7-11-19(25)22-23-20(26)18-10-9-16(28-18)13-3-5-14(21)6-4-13/h2-6,8-10H,7,11H2,1H3,(H,22,25)(H,23,26). The van der Waals surface area contributed by atoms with Crippen molar-refractivity contribution < 1.29 is 18.8 Å². The molecule has 0 atom stereocenters. The van der Waals surface area contributed by atoms with E-state index in [1.54, 1.807) is 30.3 Å². The molecule has 0 radical (unpaired) electrons. The van der Waals surface area contributed by atoms with Crippen LogP contribution in [0.4, 0.5) is 4.39 Å². The molecule has 0 fully saturated rings. The van der Waals surface area contributed by atoms with Crippen LogP contribution in [0.2, 0.25) is 0 Å². The molecule has 2 aromatic heterocycles. The minimum atomic E-state index is -0.452. The third-order valence-corrected chi connectivity index (χ3v) is 6.04. The third kappa shape index (κ3) is 5.11. The van der Waals surface area contributed by atoms with Crippen molar-refractivity contribution in [3.63, 3.8) is 0 Å². The molecular formula is C20H17FN2O3S2. The summed E-state index contributed by atoms with van der Waals surface area (Å²) in [5.74, 6) is -1.31. The highest BCUT2D eigenvalue weighted by Gasteiger charge is 2.14. The minimum absolute atomic E-state index is 0.0126. The van der Waals surface area contributed by atoms with Crippen LogP contribution in [-0.4, -0.2) is 17.6 Å². The molecular weight excluding hydrogens is 399 g/mol. The van der Waals surface area contributed by atoms with Gasteiger partial charge in [-0.25, -0.2) is 4.39 Å². The van der Waals surface area contributed by atoms with Gasteiger partial charge in [0, 0.05) is 22.6 Å². The van der Waals surface area contributed by atoms with Gasteiger partial charge in [-0.05, 0) is 48.9 Å². The number of ketones is 1. The van der Waals surface area contributed by atoms with Crippen LogP contribution < -0.4 is 10.9 Å². The Hall–Kier alpha value is -2.84. The highest BCUT2D eigenvalue weighted by Crippen LogP contribution is 2.28. The van der Waals surface area contributed by atoms with Crippen LogP contribution in [0, 0.1) is 12.7 Å². The maximum Gasteiger partial charge on any atom is 0.279 e. The topological polar surface area (TPSA) is 75.3 Å². The van der Waals surface area contributed by atoms with Gasteiger partial charge in [0.05, 0.1) is 9.75 Å². The SMILES string of the molecule is Cc1ccc(C(=O)CCC(=O)NNC(=O)c2ccc(-c3ccc(F)cc3)s2)s1. The third-order valence-electron chi connectivity index (χ3n) is 3.87. The van der Waals surface area contributed by atoms with E-state index in [9.17, 15) is 18.8 Å². The van der Waals surface area contributed by atoms with Crippen molar-refractivity contribution in [2.75, 3.05) is 0 Å². The first-order valence-electron chi connectivity index (χ1n) is 8.47. The largest absolute Gasteiger partial charge is 0.293 e. The predicted octanol–water partition coefficient (Wildman–Crippen LogP) is 4.35. The average Bonchev–Trinajstić information content (AvgIpc) is 3.34. The van der Waals surface area contributed by atoms with Crippen LogP contribution in [0.5, 0.6) is 0 Å². The summed E-state index contributed by atoms with van der Waals surface area (Å²) >= 11 is 2.62. The quantitative estimate of drug-likeness (QED) is 0.463. The van der Waals surface area contributed by atoms with Gasteiger partial charge >= 0.3 is 0 Å². The van der Waals surface area contributed by atoms with Crippen LogP contribution >= 0.6 is 22.7 Å². The summed E-state index contributed by atoms with van der Waals surface area (Å²) in [6.07, 6.45) is 0.0662. The average molecular weight is 416 g/mol. The summed E-state index contributed by atoms with van der Waals surface area (Å²) < 4.78 is 13.0. The lowest BCUT2D eigenvalue weighted by Crippen LogP contribution is -2.41. The van der Waals surface area contributed by atoms with Crippen molar-refractivity contribution in [2.24, 2.45) is 0 Å². The predicted molar refractivity (Wildman–Crippen MR) is 108 cm³/mol. The van der Waals surface area contributed by atoms with Crippen molar-refractivity contribution in [3.05, 3.63) is 69.0 Å². The first-order chi connectivity index (χ1) is 13.4. The van der Waals surface area contributed by atoms with E-state index in [0.717, 1.165) is 15.3 Å². The van der Waals surface area contributed by atoms with E-state index in [1.807, 2.05) is 13.0 Å². The Balaban J connectivity index is 1.48. The molecule has 0 saturated heterocycles. The number of hydrazine groups is 1. The van der Waals surface area contributed by atoms with Gasteiger partial charge < -0.3 is 0 Å². The molecule has 28 heavy (non-hydrogen) atoms. The van der Waals surface area contributed by atoms with E-state index in [1.165, 1.54) is 34.8 Å². The molecule has 3 aromatic rings. The number of amides is 2. The van der Waals surface area contributed by atoms with Crippen LogP contribution in [-0.2, 0) is 4.79 Å². The Morgan fingerprint density at radius 3 is 2.25 bits per heavy atom. The monoisotopic (exact) mass is 416 g/mol. The van der Waals surface area contributed by atoms with Gasteiger partial charge in [-0.1, -0.05) is 12.1 Å². The fraction of sp³-hybridized carbons (Fsp3) is 0.150. The number of carbonyl (C=O) groups excluding carboxylic acids is 3. The van der Waals surface area contributed by atoms with E-state index in [-0.39, 0.29) is 24.4 Å². The number of rotatable bonds is 6. The molecule has 0 unspecified atom stereocenters. The normalized spacial score (nSPS) is 10.5. The zero-order valence-corrected chi connectivity index (χ0v) is 16.6. The molecule has 3 rings (SSSR count). The highest BCUT2D eigenvalue weighted by atomic mass is 32.1. The Kier molecular flexibility index (Phi) is 6.33. The molecule has 2 heterocycles. The van der Waals surface area contributed by atoms with E-state index in [2.05, 4.69) is 10.9 Å². The second-order valence-corrected chi connectivity index (χ2v) is 8.38. The molecule has 144 valence electrons. The summed E-state index contributed by atoms with van der Waals surface area (Å²) in [7, 11) is 0. The lowest BCUT2D eigenvalue weighted by molar-refractivity contribution is -0.121. The molecule has 0 saturated carbocycles. The molecule has 8 heteroatoms. The maximum absolute atomic E-state index is 13.0. The Morgan fingerprint density at radius 2 is 1.57 bits per heavy atom. The van der Waals surface area contributed by atoms with E-state index in [0.29, 0.717) is 9.75 Å². The van der Waals surface area contributed by atoms with Gasteiger partial charge in [-0.3, -0.25) is 25.2 Å². The molecule has 5 nitrogen and oxygen atoms in total. The number of hydrogen-bond donors (Lipinski definition) is 2. The van der Waals surface area contributed by atoms with E-state index < -0.39 is 11.8 Å². The zero-order valence-electron chi connectivity index (χ0n) is 15.0. The first kappa shape index (κ1) is 19.9. The number of nitrogens with one attached hydrogen (secondary N) is 2. The molecule has 2 amide bonds. The number of benzene rings is 1. The fourth-order valence-corrected chi connectivity index (χ4v) is 4.16. The molecule has 0 aliphatic heterocycles. The molecule has 0 spiro atoms. The lowest BCUT2D eigenvalue weighted by Gasteiger charge is -2.05. The summed E-state index contributed by atoms with van der Waals surface area (Å²) in [6.45, 7) is 1.91. The van der Waals surface area contributed by atoms with Gasteiger partial charge in [0.1, 0.15) is 5.82 Å². The van der Waals surface area contributed by atoms with Crippen molar-refractivity contribution in [2.45, 2.75) is 19.8 Å². The number of aryl methyl sites for hydroxylation is 1. The van der Waals surface area contributed by atoms with Crippen molar-refractivity contribution in [1.82, 2.24) is 10.9 Å². The molecule has 0 aliphatic carbocycles. The van der Waals surface area contributed by atoms with Crippen molar-refractivity contribution in [1.29, 1.82) is 0 Å². The van der Waals surface area contributed by atoms with E-state index in [4.69, 9.17) is 0 Å². The second kappa shape index (κ2) is 8.90. The smallest absolute Gasteiger partial charge is 0.279 e. The Labute approximate surface area is 169 Å². The Bertz CT molecular complexity index is 1010. The summed E-state index contributed by atoms with van der Waals surface area (Å²) in [6, 6.07) is 13.0. The molecule has 0 aliphatic rings. The maximum atomic E-state index is 13.0. The van der Waals surface area contributed by atoms with Crippen molar-refractivity contribution >= 4 is 40.3 Å². The van der Waals surface area contributed by atoms with Gasteiger partial charge in [0.2, 0.25) is 5.91 Å². The summed E-state index contributed by atoms with van der Waals surface area (Å²) in [5.41, 5.74) is 5.47.